The van der Waals surface area contributed by atoms with Gasteiger partial charge in [0.2, 0.25) is 5.91 Å². The predicted octanol–water partition coefficient (Wildman–Crippen LogP) is 3.29. The van der Waals surface area contributed by atoms with Gasteiger partial charge in [-0.2, -0.15) is 0 Å². The Morgan fingerprint density at radius 1 is 1.13 bits per heavy atom. The topological polar surface area (TPSA) is 38.3 Å². The molecule has 3 nitrogen and oxygen atoms in total. The van der Waals surface area contributed by atoms with Crippen LogP contribution in [0.3, 0.4) is 0 Å². The lowest BCUT2D eigenvalue weighted by Crippen LogP contribution is -2.46. The van der Waals surface area contributed by atoms with Crippen molar-refractivity contribution >= 4 is 5.91 Å². The first kappa shape index (κ1) is 15.2. The molecule has 0 aromatic heterocycles. The normalized spacial score (nSPS) is 31.9. The second-order valence-electron chi connectivity index (χ2n) is 7.76. The van der Waals surface area contributed by atoms with Crippen LogP contribution < -0.4 is 5.32 Å². The van der Waals surface area contributed by atoms with Gasteiger partial charge < -0.3 is 10.1 Å². The van der Waals surface area contributed by atoms with Crippen LogP contribution in [0.25, 0.3) is 0 Å². The van der Waals surface area contributed by atoms with E-state index in [-0.39, 0.29) is 11.3 Å². The van der Waals surface area contributed by atoms with Crippen LogP contribution in [0.2, 0.25) is 0 Å². The summed E-state index contributed by atoms with van der Waals surface area (Å²) in [4.78, 5) is 12.7. The minimum Gasteiger partial charge on any atom is -0.381 e. The van der Waals surface area contributed by atoms with Gasteiger partial charge in [-0.25, -0.2) is 0 Å². The summed E-state index contributed by atoms with van der Waals surface area (Å²) in [6.07, 6.45) is 7.01. The molecular weight excluding hydrogens is 286 g/mol. The van der Waals surface area contributed by atoms with Crippen molar-refractivity contribution in [1.29, 1.82) is 0 Å². The van der Waals surface area contributed by atoms with Gasteiger partial charge in [0, 0.05) is 31.1 Å². The molecule has 1 aromatic rings. The molecule has 3 atom stereocenters. The van der Waals surface area contributed by atoms with Crippen molar-refractivity contribution in [3.63, 3.8) is 0 Å². The first-order valence-corrected chi connectivity index (χ1v) is 9.18. The molecule has 1 aliphatic heterocycles. The predicted molar refractivity (Wildman–Crippen MR) is 90.1 cm³/mol. The van der Waals surface area contributed by atoms with Crippen LogP contribution in [0, 0.1) is 17.8 Å². The van der Waals surface area contributed by atoms with Crippen LogP contribution >= 0.6 is 0 Å². The smallest absolute Gasteiger partial charge is 0.223 e. The number of hydrogen-bond donors (Lipinski definition) is 1. The van der Waals surface area contributed by atoms with Gasteiger partial charge in [0.15, 0.2) is 0 Å². The van der Waals surface area contributed by atoms with E-state index < -0.39 is 0 Å². The van der Waals surface area contributed by atoms with E-state index >= 15 is 0 Å². The molecule has 1 heterocycles. The Bertz CT molecular complexity index is 550. The number of hydrogen-bond acceptors (Lipinski definition) is 2. The number of nitrogens with one attached hydrogen (secondary N) is 1. The van der Waals surface area contributed by atoms with E-state index in [0.29, 0.717) is 11.8 Å². The second-order valence-corrected chi connectivity index (χ2v) is 7.76. The second kappa shape index (κ2) is 6.27. The third-order valence-electron chi connectivity index (χ3n) is 6.51. The molecule has 1 amide bonds. The highest BCUT2D eigenvalue weighted by molar-refractivity contribution is 5.79. The van der Waals surface area contributed by atoms with Gasteiger partial charge in [-0.05, 0) is 49.5 Å². The summed E-state index contributed by atoms with van der Waals surface area (Å²) >= 11 is 0. The summed E-state index contributed by atoms with van der Waals surface area (Å²) in [6.45, 7) is 2.34. The number of rotatable bonds is 4. The number of benzene rings is 1. The van der Waals surface area contributed by atoms with Crippen molar-refractivity contribution in [3.8, 4) is 0 Å². The highest BCUT2D eigenvalue weighted by atomic mass is 16.5. The van der Waals surface area contributed by atoms with E-state index in [9.17, 15) is 4.79 Å². The van der Waals surface area contributed by atoms with Gasteiger partial charge in [-0.15, -0.1) is 0 Å². The standard InChI is InChI=1S/C20H27NO2/c22-19(18-13-15-6-7-16(18)12-15)21-14-20(8-10-23-11-9-20)17-4-2-1-3-5-17/h1-5,15-16,18H,6-14H2,(H,21,22). The number of fused-ring (bicyclic) bond motifs is 2. The van der Waals surface area contributed by atoms with Crippen LogP contribution in [0.5, 0.6) is 0 Å². The molecule has 0 radical (unpaired) electrons. The molecule has 3 fully saturated rings. The maximum atomic E-state index is 12.7. The van der Waals surface area contributed by atoms with Gasteiger partial charge in [-0.3, -0.25) is 4.79 Å². The van der Waals surface area contributed by atoms with Crippen LogP contribution in [0.4, 0.5) is 0 Å². The summed E-state index contributed by atoms with van der Waals surface area (Å²) in [5.41, 5.74) is 1.39. The number of ether oxygens (including phenoxy) is 1. The van der Waals surface area contributed by atoms with E-state index in [2.05, 4.69) is 35.6 Å². The summed E-state index contributed by atoms with van der Waals surface area (Å²) < 4.78 is 5.58. The van der Waals surface area contributed by atoms with Gasteiger partial charge in [0.1, 0.15) is 0 Å². The lowest BCUT2D eigenvalue weighted by Gasteiger charge is -2.38. The molecule has 1 aromatic carbocycles. The molecule has 2 bridgehead atoms. The molecule has 1 N–H and O–H groups in total. The Kier molecular flexibility index (Phi) is 4.14. The average Bonchev–Trinajstić information content (AvgIpc) is 3.25. The quantitative estimate of drug-likeness (QED) is 0.926. The molecule has 0 spiro atoms. The Hall–Kier alpha value is -1.35. The first-order chi connectivity index (χ1) is 11.3. The highest BCUT2D eigenvalue weighted by Crippen LogP contribution is 2.48. The number of carbonyl (C=O) groups is 1. The minimum absolute atomic E-state index is 0.0484. The summed E-state index contributed by atoms with van der Waals surface area (Å²) in [5, 5.41) is 3.32. The fraction of sp³-hybridized carbons (Fsp3) is 0.650. The van der Waals surface area contributed by atoms with Gasteiger partial charge in [0.05, 0.1) is 0 Å². The van der Waals surface area contributed by atoms with Crippen molar-refractivity contribution in [1.82, 2.24) is 5.32 Å². The SMILES string of the molecule is O=C(NCC1(c2ccccc2)CCOCC1)C1CC2CCC1C2. The molecule has 3 unspecified atom stereocenters. The van der Waals surface area contributed by atoms with Crippen molar-refractivity contribution in [2.75, 3.05) is 19.8 Å². The van der Waals surface area contributed by atoms with E-state index in [1.165, 1.54) is 24.8 Å². The van der Waals surface area contributed by atoms with Crippen LogP contribution in [-0.2, 0) is 14.9 Å². The average molecular weight is 313 g/mol. The first-order valence-electron chi connectivity index (χ1n) is 9.18. The third kappa shape index (κ3) is 2.91. The van der Waals surface area contributed by atoms with E-state index in [1.807, 2.05) is 0 Å². The summed E-state index contributed by atoms with van der Waals surface area (Å²) in [7, 11) is 0. The molecule has 3 aliphatic rings. The molecule has 2 aliphatic carbocycles. The number of amides is 1. The fourth-order valence-corrected chi connectivity index (χ4v) is 5.07. The summed E-state index contributed by atoms with van der Waals surface area (Å²) in [6, 6.07) is 10.7. The number of carbonyl (C=O) groups excluding carboxylic acids is 1. The van der Waals surface area contributed by atoms with Crippen LogP contribution in [0.1, 0.15) is 44.1 Å². The van der Waals surface area contributed by atoms with Gasteiger partial charge in [-0.1, -0.05) is 36.8 Å². The lowest BCUT2D eigenvalue weighted by atomic mass is 9.74. The molecule has 1 saturated heterocycles. The Labute approximate surface area is 138 Å². The molecule has 124 valence electrons. The fourth-order valence-electron chi connectivity index (χ4n) is 5.07. The Balaban J connectivity index is 1.45. The van der Waals surface area contributed by atoms with Crippen molar-refractivity contribution in [2.24, 2.45) is 17.8 Å². The van der Waals surface area contributed by atoms with Crippen LogP contribution in [-0.4, -0.2) is 25.7 Å². The van der Waals surface area contributed by atoms with Crippen molar-refractivity contribution < 1.29 is 9.53 Å². The molecule has 2 saturated carbocycles. The molecule has 3 heteroatoms. The highest BCUT2D eigenvalue weighted by Gasteiger charge is 2.43. The van der Waals surface area contributed by atoms with E-state index in [4.69, 9.17) is 4.74 Å². The van der Waals surface area contributed by atoms with Crippen molar-refractivity contribution in [2.45, 2.75) is 43.9 Å². The maximum absolute atomic E-state index is 12.7. The summed E-state index contributed by atoms with van der Waals surface area (Å²) in [5.74, 6) is 2.06. The molecule has 4 rings (SSSR count). The van der Waals surface area contributed by atoms with E-state index in [0.717, 1.165) is 44.9 Å². The monoisotopic (exact) mass is 313 g/mol. The largest absolute Gasteiger partial charge is 0.381 e. The molecule has 23 heavy (non-hydrogen) atoms. The van der Waals surface area contributed by atoms with Crippen LogP contribution in [0.15, 0.2) is 30.3 Å². The lowest BCUT2D eigenvalue weighted by molar-refractivity contribution is -0.127. The zero-order valence-electron chi connectivity index (χ0n) is 13.8. The minimum atomic E-state index is 0.0484. The Morgan fingerprint density at radius 3 is 2.57 bits per heavy atom. The van der Waals surface area contributed by atoms with Gasteiger partial charge >= 0.3 is 0 Å². The zero-order chi connectivity index (χ0) is 15.7. The van der Waals surface area contributed by atoms with Gasteiger partial charge in [0.25, 0.3) is 0 Å². The third-order valence-corrected chi connectivity index (χ3v) is 6.51. The van der Waals surface area contributed by atoms with Crippen molar-refractivity contribution in [3.05, 3.63) is 35.9 Å². The van der Waals surface area contributed by atoms with E-state index in [1.54, 1.807) is 0 Å². The zero-order valence-corrected chi connectivity index (χ0v) is 13.8. The molecular formula is C20H27NO2. The Morgan fingerprint density at radius 2 is 1.91 bits per heavy atom. The maximum Gasteiger partial charge on any atom is 0.223 e.